The largest absolute Gasteiger partial charge is 0.328 e. The third-order valence-corrected chi connectivity index (χ3v) is 3.80. The van der Waals surface area contributed by atoms with E-state index in [4.69, 9.17) is 16.7 Å². The first kappa shape index (κ1) is 15.2. The molecule has 0 spiro atoms. The number of hydrogen-bond donors (Lipinski definition) is 3. The fourth-order valence-corrected chi connectivity index (χ4v) is 2.23. The van der Waals surface area contributed by atoms with Crippen molar-refractivity contribution < 1.29 is 13.2 Å². The van der Waals surface area contributed by atoms with E-state index in [2.05, 4.69) is 10.3 Å². The van der Waals surface area contributed by atoms with E-state index >= 15 is 0 Å². The number of sulfonamides is 1. The van der Waals surface area contributed by atoms with Crippen molar-refractivity contribution in [3.05, 3.63) is 57.5 Å². The van der Waals surface area contributed by atoms with E-state index in [1.54, 1.807) is 0 Å². The second kappa shape index (κ2) is 5.68. The summed E-state index contributed by atoms with van der Waals surface area (Å²) in [5, 5.41) is 7.61. The molecule has 2 aromatic rings. The van der Waals surface area contributed by atoms with Gasteiger partial charge in [0.1, 0.15) is 0 Å². The highest BCUT2D eigenvalue weighted by molar-refractivity contribution is 7.89. The van der Waals surface area contributed by atoms with Crippen LogP contribution in [0.4, 0.5) is 5.69 Å². The number of carbonyl (C=O) groups is 1. The molecule has 0 fully saturated rings. The number of nitrogens with one attached hydrogen (secondary N) is 2. The summed E-state index contributed by atoms with van der Waals surface area (Å²) in [6.07, 6.45) is 1.23. The highest BCUT2D eigenvalue weighted by Crippen LogP contribution is 2.25. The number of primary sulfonamides is 1. The summed E-state index contributed by atoms with van der Waals surface area (Å²) in [6, 6.07) is 6.21. The number of halogens is 1. The Morgan fingerprint density at radius 3 is 2.52 bits per heavy atom. The van der Waals surface area contributed by atoms with Gasteiger partial charge in [-0.1, -0.05) is 11.6 Å². The molecule has 0 saturated heterocycles. The van der Waals surface area contributed by atoms with Gasteiger partial charge in [0.05, 0.1) is 21.2 Å². The van der Waals surface area contributed by atoms with Crippen LogP contribution in [0.25, 0.3) is 0 Å². The summed E-state index contributed by atoms with van der Waals surface area (Å²) in [6.45, 7) is 0. The highest BCUT2D eigenvalue weighted by Gasteiger charge is 2.13. The van der Waals surface area contributed by atoms with Crippen LogP contribution < -0.4 is 16.0 Å². The van der Waals surface area contributed by atoms with E-state index in [1.165, 1.54) is 30.5 Å². The molecule has 110 valence electrons. The lowest BCUT2D eigenvalue weighted by atomic mass is 10.2. The lowest BCUT2D eigenvalue weighted by molar-refractivity contribution is 0.102. The number of anilines is 1. The van der Waals surface area contributed by atoms with Crippen molar-refractivity contribution >= 4 is 33.2 Å². The van der Waals surface area contributed by atoms with Crippen molar-refractivity contribution in [3.8, 4) is 0 Å². The Labute approximate surface area is 124 Å². The minimum absolute atomic E-state index is 0.0967. The average molecular weight is 328 g/mol. The van der Waals surface area contributed by atoms with Crippen LogP contribution in [-0.4, -0.2) is 19.3 Å². The normalized spacial score (nSPS) is 11.1. The van der Waals surface area contributed by atoms with Gasteiger partial charge >= 0.3 is 0 Å². The van der Waals surface area contributed by atoms with E-state index in [-0.39, 0.29) is 26.7 Å². The van der Waals surface area contributed by atoms with E-state index in [9.17, 15) is 18.0 Å². The minimum atomic E-state index is -3.91. The van der Waals surface area contributed by atoms with Crippen LogP contribution in [0.1, 0.15) is 10.4 Å². The molecule has 0 aliphatic carbocycles. The first-order chi connectivity index (χ1) is 9.77. The highest BCUT2D eigenvalue weighted by atomic mass is 35.5. The molecule has 2 rings (SSSR count). The molecule has 1 amide bonds. The van der Waals surface area contributed by atoms with E-state index in [1.807, 2.05) is 0 Å². The van der Waals surface area contributed by atoms with Gasteiger partial charge in [-0.3, -0.25) is 9.59 Å². The standard InChI is InChI=1S/C12H10ClN3O4S/c13-9-3-2-8(21(14,19)20)5-10(9)16-12(18)7-1-4-11(17)15-6-7/h1-6H,(H,15,17)(H,16,18)(H2,14,19,20). The number of H-pyrrole nitrogens is 1. The fourth-order valence-electron chi connectivity index (χ4n) is 1.52. The monoisotopic (exact) mass is 327 g/mol. The minimum Gasteiger partial charge on any atom is -0.328 e. The number of rotatable bonds is 3. The Hall–Kier alpha value is -2.16. The number of amides is 1. The summed E-state index contributed by atoms with van der Waals surface area (Å²) < 4.78 is 22.5. The van der Waals surface area contributed by atoms with Crippen LogP contribution in [-0.2, 0) is 10.0 Å². The van der Waals surface area contributed by atoms with E-state index in [0.29, 0.717) is 0 Å². The van der Waals surface area contributed by atoms with Crippen molar-refractivity contribution in [2.45, 2.75) is 4.90 Å². The van der Waals surface area contributed by atoms with Crippen LogP contribution in [0, 0.1) is 0 Å². The van der Waals surface area contributed by atoms with Crippen molar-refractivity contribution in [1.29, 1.82) is 0 Å². The number of hydrogen-bond acceptors (Lipinski definition) is 4. The van der Waals surface area contributed by atoms with Crippen LogP contribution >= 0.6 is 11.6 Å². The third-order valence-electron chi connectivity index (χ3n) is 2.56. The van der Waals surface area contributed by atoms with Gasteiger partial charge in [-0.05, 0) is 24.3 Å². The molecule has 0 aliphatic heterocycles. The van der Waals surface area contributed by atoms with Crippen LogP contribution in [0.2, 0.25) is 5.02 Å². The molecule has 0 aliphatic rings. The number of pyridine rings is 1. The molecule has 9 heteroatoms. The van der Waals surface area contributed by atoms with Gasteiger partial charge < -0.3 is 10.3 Å². The van der Waals surface area contributed by atoms with Crippen molar-refractivity contribution in [3.63, 3.8) is 0 Å². The van der Waals surface area contributed by atoms with Crippen molar-refractivity contribution in [2.24, 2.45) is 5.14 Å². The molecule has 1 heterocycles. The lowest BCUT2D eigenvalue weighted by Crippen LogP contribution is -2.16. The number of aromatic amines is 1. The zero-order valence-corrected chi connectivity index (χ0v) is 12.0. The molecule has 0 atom stereocenters. The molecule has 7 nitrogen and oxygen atoms in total. The zero-order chi connectivity index (χ0) is 15.6. The Kier molecular flexibility index (Phi) is 4.12. The van der Waals surface area contributed by atoms with Gasteiger partial charge in [0.2, 0.25) is 15.6 Å². The molecular weight excluding hydrogens is 318 g/mol. The maximum atomic E-state index is 12.0. The van der Waals surface area contributed by atoms with E-state index in [0.717, 1.165) is 6.07 Å². The summed E-state index contributed by atoms with van der Waals surface area (Å²) in [7, 11) is -3.91. The Balaban J connectivity index is 2.33. The summed E-state index contributed by atoms with van der Waals surface area (Å²) in [5.74, 6) is -0.556. The second-order valence-corrected chi connectivity index (χ2v) is 6.05. The maximum Gasteiger partial charge on any atom is 0.257 e. The third kappa shape index (κ3) is 3.69. The zero-order valence-electron chi connectivity index (χ0n) is 10.5. The average Bonchev–Trinajstić information content (AvgIpc) is 2.40. The number of benzene rings is 1. The molecule has 21 heavy (non-hydrogen) atoms. The van der Waals surface area contributed by atoms with Crippen molar-refractivity contribution in [2.75, 3.05) is 5.32 Å². The Morgan fingerprint density at radius 1 is 1.24 bits per heavy atom. The number of carbonyl (C=O) groups excluding carboxylic acids is 1. The van der Waals surface area contributed by atoms with Gasteiger partial charge in [-0.25, -0.2) is 13.6 Å². The second-order valence-electron chi connectivity index (χ2n) is 4.08. The summed E-state index contributed by atoms with van der Waals surface area (Å²) >= 11 is 5.89. The summed E-state index contributed by atoms with van der Waals surface area (Å²) in [4.78, 5) is 25.1. The molecule has 0 saturated carbocycles. The smallest absolute Gasteiger partial charge is 0.257 e. The number of nitrogens with two attached hydrogens (primary N) is 1. The lowest BCUT2D eigenvalue weighted by Gasteiger charge is -2.08. The van der Waals surface area contributed by atoms with Gasteiger partial charge in [-0.15, -0.1) is 0 Å². The molecule has 0 bridgehead atoms. The predicted octanol–water partition coefficient (Wildman–Crippen LogP) is 0.928. The van der Waals surface area contributed by atoms with Gasteiger partial charge in [0, 0.05) is 12.3 Å². The molecule has 1 aromatic heterocycles. The Morgan fingerprint density at radius 2 is 1.95 bits per heavy atom. The molecule has 1 aromatic carbocycles. The predicted molar refractivity (Wildman–Crippen MR) is 77.8 cm³/mol. The van der Waals surface area contributed by atoms with Gasteiger partial charge in [0.15, 0.2) is 0 Å². The maximum absolute atomic E-state index is 12.0. The SMILES string of the molecule is NS(=O)(=O)c1ccc(Cl)c(NC(=O)c2ccc(=O)[nH]c2)c1. The first-order valence-corrected chi connectivity index (χ1v) is 7.52. The quantitative estimate of drug-likeness (QED) is 0.776. The summed E-state index contributed by atoms with van der Waals surface area (Å²) in [5.41, 5.74) is -0.0631. The molecule has 0 radical (unpaired) electrons. The van der Waals surface area contributed by atoms with Crippen molar-refractivity contribution in [1.82, 2.24) is 4.98 Å². The topological polar surface area (TPSA) is 122 Å². The van der Waals surface area contributed by atoms with Crippen LogP contribution in [0.5, 0.6) is 0 Å². The van der Waals surface area contributed by atoms with Crippen LogP contribution in [0.15, 0.2) is 46.2 Å². The molecule has 4 N–H and O–H groups in total. The Bertz CT molecular complexity index is 841. The van der Waals surface area contributed by atoms with Gasteiger partial charge in [-0.2, -0.15) is 0 Å². The van der Waals surface area contributed by atoms with Crippen LogP contribution in [0.3, 0.4) is 0 Å². The number of aromatic nitrogens is 1. The molecular formula is C12H10ClN3O4S. The molecule has 0 unspecified atom stereocenters. The van der Waals surface area contributed by atoms with Gasteiger partial charge in [0.25, 0.3) is 5.91 Å². The fraction of sp³-hybridized carbons (Fsp3) is 0. The first-order valence-electron chi connectivity index (χ1n) is 5.60. The van der Waals surface area contributed by atoms with E-state index < -0.39 is 15.9 Å².